The van der Waals surface area contributed by atoms with Crippen LogP contribution in [-0.4, -0.2) is 5.78 Å². The average molecular weight is 194 g/mol. The van der Waals surface area contributed by atoms with Gasteiger partial charge in [0.2, 0.25) is 0 Å². The van der Waals surface area contributed by atoms with E-state index in [1.807, 2.05) is 0 Å². The molecule has 0 aromatic heterocycles. The molecule has 1 heteroatoms. The van der Waals surface area contributed by atoms with Gasteiger partial charge >= 0.3 is 0 Å². The van der Waals surface area contributed by atoms with Gasteiger partial charge in [0.05, 0.1) is 0 Å². The first kappa shape index (κ1) is 10.2. The van der Waals surface area contributed by atoms with Gasteiger partial charge in [-0.3, -0.25) is 4.79 Å². The van der Waals surface area contributed by atoms with E-state index in [-0.39, 0.29) is 0 Å². The molecule has 2 saturated carbocycles. The predicted molar refractivity (Wildman–Crippen MR) is 58.0 cm³/mol. The smallest absolute Gasteiger partial charge is 0.136 e. The van der Waals surface area contributed by atoms with Crippen molar-refractivity contribution in [1.82, 2.24) is 0 Å². The third-order valence-corrected chi connectivity index (χ3v) is 3.82. The van der Waals surface area contributed by atoms with Crippen LogP contribution in [0.25, 0.3) is 0 Å². The average Bonchev–Trinajstić information content (AvgIpc) is 2.86. The highest BCUT2D eigenvalue weighted by Gasteiger charge is 2.32. The zero-order valence-corrected chi connectivity index (χ0v) is 9.46. The summed E-state index contributed by atoms with van der Waals surface area (Å²) in [5, 5.41) is 0. The molecular formula is C13H22O. The minimum absolute atomic E-state index is 0.411. The summed E-state index contributed by atoms with van der Waals surface area (Å²) >= 11 is 0. The molecule has 0 radical (unpaired) electrons. The number of Topliss-reactive ketones (excluding diaryl/α,β-unsaturated/α-hetero) is 1. The summed E-state index contributed by atoms with van der Waals surface area (Å²) in [7, 11) is 0. The zero-order valence-electron chi connectivity index (χ0n) is 9.46. The van der Waals surface area contributed by atoms with Crippen LogP contribution in [0.3, 0.4) is 0 Å². The summed E-state index contributed by atoms with van der Waals surface area (Å²) in [6.45, 7) is 4.60. The molecule has 2 atom stereocenters. The van der Waals surface area contributed by atoms with Gasteiger partial charge in [-0.25, -0.2) is 0 Å². The predicted octanol–water partition coefficient (Wildman–Crippen LogP) is 3.43. The van der Waals surface area contributed by atoms with E-state index in [2.05, 4.69) is 13.8 Å². The SMILES string of the molecule is CC1CC(C)CC(C(=O)CC2CC2)C1. The van der Waals surface area contributed by atoms with Crippen LogP contribution in [-0.2, 0) is 4.79 Å². The lowest BCUT2D eigenvalue weighted by molar-refractivity contribution is -0.125. The van der Waals surface area contributed by atoms with Gasteiger partial charge in [0.1, 0.15) is 5.78 Å². The van der Waals surface area contributed by atoms with E-state index in [4.69, 9.17) is 0 Å². The van der Waals surface area contributed by atoms with Gasteiger partial charge in [0.15, 0.2) is 0 Å². The Balaban J connectivity index is 1.85. The maximum Gasteiger partial charge on any atom is 0.136 e. The van der Waals surface area contributed by atoms with Crippen molar-refractivity contribution >= 4 is 5.78 Å². The van der Waals surface area contributed by atoms with E-state index in [0.717, 1.165) is 37.0 Å². The van der Waals surface area contributed by atoms with Crippen LogP contribution < -0.4 is 0 Å². The van der Waals surface area contributed by atoms with Crippen molar-refractivity contribution in [2.24, 2.45) is 23.7 Å². The number of hydrogen-bond acceptors (Lipinski definition) is 1. The van der Waals surface area contributed by atoms with E-state index in [1.54, 1.807) is 0 Å². The van der Waals surface area contributed by atoms with Crippen molar-refractivity contribution in [3.05, 3.63) is 0 Å². The van der Waals surface area contributed by atoms with Crippen LogP contribution in [0.15, 0.2) is 0 Å². The highest BCUT2D eigenvalue weighted by atomic mass is 16.1. The maximum absolute atomic E-state index is 11.9. The summed E-state index contributed by atoms with van der Waals surface area (Å²) in [5.74, 6) is 3.30. The van der Waals surface area contributed by atoms with Crippen molar-refractivity contribution < 1.29 is 4.79 Å². The van der Waals surface area contributed by atoms with Gasteiger partial charge in [0.25, 0.3) is 0 Å². The minimum atomic E-state index is 0.411. The molecule has 0 aliphatic heterocycles. The van der Waals surface area contributed by atoms with Crippen molar-refractivity contribution in [1.29, 1.82) is 0 Å². The lowest BCUT2D eigenvalue weighted by atomic mass is 9.74. The third-order valence-electron chi connectivity index (χ3n) is 3.82. The number of hydrogen-bond donors (Lipinski definition) is 0. The van der Waals surface area contributed by atoms with Crippen molar-refractivity contribution in [3.63, 3.8) is 0 Å². The van der Waals surface area contributed by atoms with Crippen LogP contribution in [0.5, 0.6) is 0 Å². The van der Waals surface area contributed by atoms with E-state index in [9.17, 15) is 4.79 Å². The van der Waals surface area contributed by atoms with E-state index in [1.165, 1.54) is 19.3 Å². The fraction of sp³-hybridized carbons (Fsp3) is 0.923. The number of rotatable bonds is 3. The second-order valence-corrected chi connectivity index (χ2v) is 5.73. The Morgan fingerprint density at radius 3 is 2.14 bits per heavy atom. The summed E-state index contributed by atoms with van der Waals surface area (Å²) in [4.78, 5) is 11.9. The Morgan fingerprint density at radius 2 is 1.64 bits per heavy atom. The Bertz CT molecular complexity index is 207. The second kappa shape index (κ2) is 4.04. The first-order valence-corrected chi connectivity index (χ1v) is 6.18. The van der Waals surface area contributed by atoms with Gasteiger partial charge in [-0.1, -0.05) is 13.8 Å². The summed E-state index contributed by atoms with van der Waals surface area (Å²) < 4.78 is 0. The second-order valence-electron chi connectivity index (χ2n) is 5.73. The van der Waals surface area contributed by atoms with Crippen molar-refractivity contribution in [2.45, 2.75) is 52.4 Å². The lowest BCUT2D eigenvalue weighted by Crippen LogP contribution is -2.26. The normalized spacial score (nSPS) is 38.3. The molecule has 2 aliphatic rings. The van der Waals surface area contributed by atoms with Crippen LogP contribution in [0, 0.1) is 23.7 Å². The monoisotopic (exact) mass is 194 g/mol. The quantitative estimate of drug-likeness (QED) is 0.672. The Labute approximate surface area is 87.3 Å². The van der Waals surface area contributed by atoms with Crippen LogP contribution in [0.1, 0.15) is 52.4 Å². The molecule has 0 bridgehead atoms. The molecule has 14 heavy (non-hydrogen) atoms. The fourth-order valence-corrected chi connectivity index (χ4v) is 2.98. The third kappa shape index (κ3) is 2.59. The highest BCUT2D eigenvalue weighted by molar-refractivity contribution is 5.81. The minimum Gasteiger partial charge on any atom is -0.299 e. The topological polar surface area (TPSA) is 17.1 Å². The molecule has 80 valence electrons. The number of carbonyl (C=O) groups excluding carboxylic acids is 1. The zero-order chi connectivity index (χ0) is 10.1. The molecule has 0 amide bonds. The van der Waals surface area contributed by atoms with Gasteiger partial charge in [-0.15, -0.1) is 0 Å². The van der Waals surface area contributed by atoms with E-state index in [0.29, 0.717) is 11.7 Å². The first-order chi connectivity index (χ1) is 6.65. The lowest BCUT2D eigenvalue weighted by Gasteiger charge is -2.30. The van der Waals surface area contributed by atoms with Crippen LogP contribution in [0.4, 0.5) is 0 Å². The molecule has 2 aliphatic carbocycles. The van der Waals surface area contributed by atoms with Gasteiger partial charge < -0.3 is 0 Å². The molecule has 0 aromatic rings. The summed E-state index contributed by atoms with van der Waals surface area (Å²) in [6.07, 6.45) is 7.16. The van der Waals surface area contributed by atoms with Gasteiger partial charge in [0, 0.05) is 12.3 Å². The Kier molecular flexibility index (Phi) is 2.94. The van der Waals surface area contributed by atoms with Crippen LogP contribution >= 0.6 is 0 Å². The summed E-state index contributed by atoms with van der Waals surface area (Å²) in [5.41, 5.74) is 0. The molecule has 0 heterocycles. The number of carbonyl (C=O) groups is 1. The molecular weight excluding hydrogens is 172 g/mol. The van der Waals surface area contributed by atoms with E-state index >= 15 is 0 Å². The standard InChI is InChI=1S/C13H22O/c1-9-5-10(2)7-12(6-9)13(14)8-11-3-4-11/h9-12H,3-8H2,1-2H3. The molecule has 0 aromatic carbocycles. The van der Waals surface area contributed by atoms with Gasteiger partial charge in [-0.05, 0) is 49.9 Å². The molecule has 0 N–H and O–H groups in total. The molecule has 0 spiro atoms. The Hall–Kier alpha value is -0.330. The summed E-state index contributed by atoms with van der Waals surface area (Å²) in [6, 6.07) is 0. The first-order valence-electron chi connectivity index (χ1n) is 6.18. The maximum atomic E-state index is 11.9. The van der Waals surface area contributed by atoms with Crippen LogP contribution in [0.2, 0.25) is 0 Å². The number of ketones is 1. The molecule has 1 nitrogen and oxygen atoms in total. The molecule has 2 fully saturated rings. The fourth-order valence-electron chi connectivity index (χ4n) is 2.98. The highest BCUT2D eigenvalue weighted by Crippen LogP contribution is 2.38. The molecule has 2 unspecified atom stereocenters. The molecule has 0 saturated heterocycles. The largest absolute Gasteiger partial charge is 0.299 e. The van der Waals surface area contributed by atoms with Gasteiger partial charge in [-0.2, -0.15) is 0 Å². The Morgan fingerprint density at radius 1 is 1.07 bits per heavy atom. The van der Waals surface area contributed by atoms with E-state index < -0.39 is 0 Å². The van der Waals surface area contributed by atoms with Crippen molar-refractivity contribution in [3.8, 4) is 0 Å². The molecule has 2 rings (SSSR count). The van der Waals surface area contributed by atoms with Crippen molar-refractivity contribution in [2.75, 3.05) is 0 Å².